The molecule has 1 saturated heterocycles. The van der Waals surface area contributed by atoms with E-state index in [-0.39, 0.29) is 0 Å². The van der Waals surface area contributed by atoms with Crippen molar-refractivity contribution in [3.63, 3.8) is 0 Å². The normalized spacial score (nSPS) is 15.8. The van der Waals surface area contributed by atoms with E-state index < -0.39 is 5.91 Å². The second-order valence-electron chi connectivity index (χ2n) is 6.46. The first-order valence-electron chi connectivity index (χ1n) is 8.79. The van der Waals surface area contributed by atoms with Crippen LogP contribution in [0.4, 0.5) is 5.82 Å². The van der Waals surface area contributed by atoms with Gasteiger partial charge in [-0.15, -0.1) is 0 Å². The van der Waals surface area contributed by atoms with Gasteiger partial charge in [-0.25, -0.2) is 10.5 Å². The van der Waals surface area contributed by atoms with Crippen LogP contribution in [0.15, 0.2) is 42.9 Å². The predicted octanol–water partition coefficient (Wildman–Crippen LogP) is 2.73. The SMILES string of the molecule is O=C(C=Cc1cnc(NC2CCN(Cc3ccncc3)CC2)c(Cl)c1)NO. The molecule has 0 atom stereocenters. The van der Waals surface area contributed by atoms with Crippen LogP contribution in [0.1, 0.15) is 24.0 Å². The third-order valence-electron chi connectivity index (χ3n) is 4.48. The van der Waals surface area contributed by atoms with Gasteiger partial charge in [-0.05, 0) is 48.2 Å². The predicted molar refractivity (Wildman–Crippen MR) is 104 cm³/mol. The summed E-state index contributed by atoms with van der Waals surface area (Å²) in [4.78, 5) is 21.9. The van der Waals surface area contributed by atoms with Gasteiger partial charge in [-0.3, -0.25) is 19.9 Å². The van der Waals surface area contributed by atoms with Gasteiger partial charge < -0.3 is 5.32 Å². The summed E-state index contributed by atoms with van der Waals surface area (Å²) in [7, 11) is 0. The Bertz CT molecular complexity index is 792. The quantitative estimate of drug-likeness (QED) is 0.401. The summed E-state index contributed by atoms with van der Waals surface area (Å²) in [6.45, 7) is 2.96. The number of likely N-dealkylation sites (tertiary alicyclic amines) is 1. The van der Waals surface area contributed by atoms with Crippen molar-refractivity contribution < 1.29 is 10.0 Å². The van der Waals surface area contributed by atoms with E-state index in [4.69, 9.17) is 16.8 Å². The number of amides is 1. The minimum atomic E-state index is -0.605. The maximum atomic E-state index is 11.0. The average Bonchev–Trinajstić information content (AvgIpc) is 2.70. The first-order chi connectivity index (χ1) is 13.1. The van der Waals surface area contributed by atoms with Crippen LogP contribution in [0, 0.1) is 0 Å². The standard InChI is InChI=1S/C19H22ClN5O2/c20-17-11-15(1-2-18(26)24-27)12-22-19(17)23-16-5-9-25(10-6-16)13-14-3-7-21-8-4-14/h1-4,7-8,11-12,16,27H,5-6,9-10,13H2,(H,22,23)(H,24,26). The van der Waals surface area contributed by atoms with E-state index in [9.17, 15) is 4.79 Å². The van der Waals surface area contributed by atoms with Gasteiger partial charge in [0.1, 0.15) is 5.82 Å². The van der Waals surface area contributed by atoms with Gasteiger partial charge in [0, 0.05) is 50.3 Å². The van der Waals surface area contributed by atoms with Crippen LogP contribution in [0.5, 0.6) is 0 Å². The monoisotopic (exact) mass is 387 g/mol. The first kappa shape index (κ1) is 19.3. The minimum Gasteiger partial charge on any atom is -0.366 e. The van der Waals surface area contributed by atoms with E-state index >= 15 is 0 Å². The van der Waals surface area contributed by atoms with E-state index in [1.165, 1.54) is 23.2 Å². The summed E-state index contributed by atoms with van der Waals surface area (Å²) in [6, 6.07) is 6.16. The number of pyridine rings is 2. The molecular weight excluding hydrogens is 366 g/mol. The van der Waals surface area contributed by atoms with Crippen LogP contribution in [0.25, 0.3) is 6.08 Å². The first-order valence-corrected chi connectivity index (χ1v) is 9.17. The molecule has 0 bridgehead atoms. The van der Waals surface area contributed by atoms with Crippen molar-refractivity contribution in [2.45, 2.75) is 25.4 Å². The molecule has 0 radical (unpaired) electrons. The Morgan fingerprint density at radius 1 is 1.33 bits per heavy atom. The molecule has 142 valence electrons. The number of hydroxylamine groups is 1. The molecule has 2 aromatic heterocycles. The van der Waals surface area contributed by atoms with Crippen LogP contribution in [-0.2, 0) is 11.3 Å². The largest absolute Gasteiger partial charge is 0.366 e. The zero-order chi connectivity index (χ0) is 19.1. The molecule has 1 aliphatic heterocycles. The summed E-state index contributed by atoms with van der Waals surface area (Å²) < 4.78 is 0. The highest BCUT2D eigenvalue weighted by Gasteiger charge is 2.20. The Kier molecular flexibility index (Phi) is 6.75. The summed E-state index contributed by atoms with van der Waals surface area (Å²) in [6.07, 6.45) is 10.1. The summed E-state index contributed by atoms with van der Waals surface area (Å²) in [5.74, 6) is 0.0415. The molecular formula is C19H22ClN5O2. The van der Waals surface area contributed by atoms with Crippen LogP contribution in [-0.4, -0.2) is 45.1 Å². The third-order valence-corrected chi connectivity index (χ3v) is 4.77. The van der Waals surface area contributed by atoms with Crippen molar-refractivity contribution >= 4 is 29.4 Å². The molecule has 7 nitrogen and oxygen atoms in total. The second kappa shape index (κ2) is 9.45. The average molecular weight is 388 g/mol. The van der Waals surface area contributed by atoms with Crippen molar-refractivity contribution in [1.29, 1.82) is 0 Å². The molecule has 3 rings (SSSR count). The molecule has 3 N–H and O–H groups in total. The maximum absolute atomic E-state index is 11.0. The Labute approximate surface area is 163 Å². The molecule has 0 saturated carbocycles. The highest BCUT2D eigenvalue weighted by Crippen LogP contribution is 2.24. The fourth-order valence-corrected chi connectivity index (χ4v) is 3.26. The van der Waals surface area contributed by atoms with Crippen LogP contribution < -0.4 is 10.8 Å². The Hall–Kier alpha value is -2.48. The van der Waals surface area contributed by atoms with Gasteiger partial charge in [0.15, 0.2) is 0 Å². The van der Waals surface area contributed by atoms with Gasteiger partial charge in [0.2, 0.25) is 0 Å². The number of rotatable bonds is 6. The molecule has 8 heteroatoms. The number of anilines is 1. The van der Waals surface area contributed by atoms with Gasteiger partial charge in [0.05, 0.1) is 5.02 Å². The van der Waals surface area contributed by atoms with E-state index in [0.29, 0.717) is 22.4 Å². The number of nitrogens with zero attached hydrogens (tertiary/aromatic N) is 3. The molecule has 0 aromatic carbocycles. The third kappa shape index (κ3) is 5.75. The van der Waals surface area contributed by atoms with E-state index in [0.717, 1.165) is 32.5 Å². The van der Waals surface area contributed by atoms with Crippen molar-refractivity contribution in [2.24, 2.45) is 0 Å². The van der Waals surface area contributed by atoms with Crippen LogP contribution in [0.2, 0.25) is 5.02 Å². The van der Waals surface area contributed by atoms with E-state index in [1.807, 2.05) is 24.5 Å². The van der Waals surface area contributed by atoms with Gasteiger partial charge >= 0.3 is 0 Å². The second-order valence-corrected chi connectivity index (χ2v) is 6.87. The lowest BCUT2D eigenvalue weighted by atomic mass is 10.0. The van der Waals surface area contributed by atoms with Crippen molar-refractivity contribution in [2.75, 3.05) is 18.4 Å². The number of hydrogen-bond acceptors (Lipinski definition) is 6. The summed E-state index contributed by atoms with van der Waals surface area (Å²) in [5, 5.41) is 12.4. The molecule has 1 fully saturated rings. The molecule has 1 amide bonds. The lowest BCUT2D eigenvalue weighted by molar-refractivity contribution is -0.124. The number of halogens is 1. The molecule has 0 aliphatic carbocycles. The fourth-order valence-electron chi connectivity index (χ4n) is 3.03. The van der Waals surface area contributed by atoms with Crippen LogP contribution in [0.3, 0.4) is 0 Å². The molecule has 3 heterocycles. The molecule has 27 heavy (non-hydrogen) atoms. The van der Waals surface area contributed by atoms with Crippen molar-refractivity contribution in [1.82, 2.24) is 20.3 Å². The van der Waals surface area contributed by atoms with Crippen LogP contribution >= 0.6 is 11.6 Å². The van der Waals surface area contributed by atoms with Crippen molar-refractivity contribution in [3.05, 3.63) is 59.0 Å². The number of hydrogen-bond donors (Lipinski definition) is 3. The topological polar surface area (TPSA) is 90.4 Å². The Balaban J connectivity index is 1.51. The van der Waals surface area contributed by atoms with Crippen molar-refractivity contribution in [3.8, 4) is 0 Å². The smallest absolute Gasteiger partial charge is 0.267 e. The van der Waals surface area contributed by atoms with Gasteiger partial charge in [-0.1, -0.05) is 11.6 Å². The lowest BCUT2D eigenvalue weighted by Crippen LogP contribution is -2.38. The highest BCUT2D eigenvalue weighted by atomic mass is 35.5. The number of piperidine rings is 1. The van der Waals surface area contributed by atoms with Gasteiger partial charge in [0.25, 0.3) is 5.91 Å². The molecule has 0 spiro atoms. The number of carbonyl (C=O) groups excluding carboxylic acids is 1. The molecule has 0 unspecified atom stereocenters. The minimum absolute atomic E-state index is 0.324. The maximum Gasteiger partial charge on any atom is 0.267 e. The molecule has 1 aliphatic rings. The fraction of sp³-hybridized carbons (Fsp3) is 0.316. The highest BCUT2D eigenvalue weighted by molar-refractivity contribution is 6.33. The lowest BCUT2D eigenvalue weighted by Gasteiger charge is -2.32. The Morgan fingerprint density at radius 3 is 2.74 bits per heavy atom. The van der Waals surface area contributed by atoms with Gasteiger partial charge in [-0.2, -0.15) is 0 Å². The van der Waals surface area contributed by atoms with E-state index in [2.05, 4.69) is 20.2 Å². The Morgan fingerprint density at radius 2 is 2.07 bits per heavy atom. The number of nitrogens with one attached hydrogen (secondary N) is 2. The summed E-state index contributed by atoms with van der Waals surface area (Å²) in [5.41, 5.74) is 3.49. The number of carbonyl (C=O) groups is 1. The van der Waals surface area contributed by atoms with E-state index in [1.54, 1.807) is 12.3 Å². The summed E-state index contributed by atoms with van der Waals surface area (Å²) >= 11 is 6.31. The zero-order valence-electron chi connectivity index (χ0n) is 14.8. The molecule has 2 aromatic rings. The zero-order valence-corrected chi connectivity index (χ0v) is 15.6. The number of aromatic nitrogens is 2.